The molecule has 0 spiro atoms. The summed E-state index contributed by atoms with van der Waals surface area (Å²) < 4.78 is 94.5. The van der Waals surface area contributed by atoms with Crippen LogP contribution < -0.4 is 43.8 Å². The molecule has 95 heavy (non-hydrogen) atoms. The molecule has 13 atom stereocenters. The fourth-order valence-electron chi connectivity index (χ4n) is 10.9. The van der Waals surface area contributed by atoms with Gasteiger partial charge in [-0.15, -0.1) is 0 Å². The van der Waals surface area contributed by atoms with E-state index in [9.17, 15) is 52.3 Å². The van der Waals surface area contributed by atoms with Gasteiger partial charge in [0.15, 0.2) is 47.7 Å². The van der Waals surface area contributed by atoms with Crippen molar-refractivity contribution in [3.63, 3.8) is 0 Å². The van der Waals surface area contributed by atoms with Crippen molar-refractivity contribution in [3.8, 4) is 0 Å². The van der Waals surface area contributed by atoms with E-state index in [4.69, 9.17) is 54.2 Å². The first kappa shape index (κ1) is 69.4. The Bertz CT molecular complexity index is 3890. The predicted molar refractivity (Wildman–Crippen MR) is 331 cm³/mol. The molecule has 0 aliphatic carbocycles. The van der Waals surface area contributed by atoms with E-state index in [1.165, 1.54) is 51.0 Å². The molecule has 0 unspecified atom stereocenters. The first-order chi connectivity index (χ1) is 45.2. The number of primary amides is 1. The second kappa shape index (κ2) is 29.7. The Balaban J connectivity index is 0.756. The number of imide groups is 1. The molecule has 510 valence electrons. The van der Waals surface area contributed by atoms with Crippen molar-refractivity contribution in [2.45, 2.75) is 120 Å². The van der Waals surface area contributed by atoms with Crippen LogP contribution in [0.25, 0.3) is 22.3 Å². The molecule has 0 bridgehead atoms. The number of benzene rings is 1. The number of anilines is 3. The molecule has 5 aliphatic heterocycles. The van der Waals surface area contributed by atoms with Gasteiger partial charge in [0.1, 0.15) is 79.4 Å². The molecule has 42 heteroatoms. The molecular formula is C53H65FN18O19P2S2. The van der Waals surface area contributed by atoms with E-state index < -0.39 is 160 Å². The van der Waals surface area contributed by atoms with E-state index >= 15 is 4.39 Å². The van der Waals surface area contributed by atoms with Gasteiger partial charge in [-0.2, -0.15) is 0 Å². The zero-order valence-corrected chi connectivity index (χ0v) is 53.9. The van der Waals surface area contributed by atoms with Crippen molar-refractivity contribution >= 4 is 131 Å². The maximum atomic E-state index is 16.6. The Kier molecular flexibility index (Phi) is 21.7. The number of hydrogen-bond donors (Lipinski definition) is 10. The molecular weight excluding hydrogens is 1340 g/mol. The van der Waals surface area contributed by atoms with E-state index in [0.717, 1.165) is 29.7 Å². The number of nitrogens with one attached hydrogen (secondary N) is 5. The van der Waals surface area contributed by atoms with Crippen LogP contribution in [0.15, 0.2) is 61.7 Å². The summed E-state index contributed by atoms with van der Waals surface area (Å²) >= 11 is 8.38. The summed E-state index contributed by atoms with van der Waals surface area (Å²) in [4.78, 5) is 144. The van der Waals surface area contributed by atoms with Crippen molar-refractivity contribution in [1.29, 1.82) is 0 Å². The van der Waals surface area contributed by atoms with E-state index in [0.29, 0.717) is 12.0 Å². The highest BCUT2D eigenvalue weighted by Gasteiger charge is 2.56. The van der Waals surface area contributed by atoms with Crippen LogP contribution in [0.4, 0.5) is 31.3 Å². The van der Waals surface area contributed by atoms with Crippen molar-refractivity contribution < 1.29 is 93.7 Å². The van der Waals surface area contributed by atoms with Crippen molar-refractivity contribution in [1.82, 2.24) is 70.1 Å². The normalized spacial score (nSPS) is 26.7. The van der Waals surface area contributed by atoms with Crippen LogP contribution in [0.1, 0.15) is 64.0 Å². The average Bonchev–Trinajstić information content (AvgIpc) is 1.61. The second-order valence-electron chi connectivity index (χ2n) is 22.4. The van der Waals surface area contributed by atoms with Crippen molar-refractivity contribution in [2.75, 3.05) is 56.2 Å². The number of imidazole rings is 2. The lowest BCUT2D eigenvalue weighted by molar-refractivity contribution is -0.165. The van der Waals surface area contributed by atoms with Crippen LogP contribution in [0.5, 0.6) is 0 Å². The molecule has 9 amide bonds. The maximum Gasteiger partial charge on any atom is 0.407 e. The number of urea groups is 1. The number of carbonyl (C=O) groups excluding carboxylic acids is 9. The van der Waals surface area contributed by atoms with Gasteiger partial charge in [-0.25, -0.2) is 57.8 Å². The van der Waals surface area contributed by atoms with Crippen molar-refractivity contribution in [3.05, 3.63) is 67.3 Å². The second-order valence-corrected chi connectivity index (χ2v) is 28.1. The molecule has 4 saturated heterocycles. The minimum Gasteiger partial charge on any atom is -0.453 e. The van der Waals surface area contributed by atoms with Gasteiger partial charge in [0, 0.05) is 43.9 Å². The minimum absolute atomic E-state index is 0.00902. The lowest BCUT2D eigenvalue weighted by atomic mass is 10.0. The molecule has 37 nitrogen and oxygen atoms in total. The lowest BCUT2D eigenvalue weighted by Gasteiger charge is -2.30. The van der Waals surface area contributed by atoms with Crippen LogP contribution in [0, 0.1) is 5.92 Å². The molecule has 11 N–H and O–H groups in total. The number of thiol groups is 2. The number of likely N-dealkylation sites (tertiary alicyclic amines) is 1. The van der Waals surface area contributed by atoms with E-state index in [2.05, 4.69) is 81.0 Å². The van der Waals surface area contributed by atoms with E-state index in [1.807, 2.05) is 0 Å². The van der Waals surface area contributed by atoms with Gasteiger partial charge in [0.2, 0.25) is 23.6 Å². The van der Waals surface area contributed by atoms with Crippen LogP contribution in [0.2, 0.25) is 0 Å². The van der Waals surface area contributed by atoms with E-state index in [-0.39, 0.29) is 91.6 Å². The van der Waals surface area contributed by atoms with Gasteiger partial charge in [0.05, 0.1) is 25.9 Å². The summed E-state index contributed by atoms with van der Waals surface area (Å²) in [5.41, 5.74) is 18.3. The molecule has 4 fully saturated rings. The van der Waals surface area contributed by atoms with Gasteiger partial charge >= 0.3 is 31.7 Å². The minimum atomic E-state index is -4.69. The number of alkyl halides is 1. The number of nitrogens with two attached hydrogens (primary N) is 3. The van der Waals surface area contributed by atoms with Gasteiger partial charge in [0.25, 0.3) is 11.8 Å². The zero-order chi connectivity index (χ0) is 68.0. The summed E-state index contributed by atoms with van der Waals surface area (Å²) in [6, 6.07) is 1.61. The Labute approximate surface area is 547 Å². The maximum absolute atomic E-state index is 16.6. The van der Waals surface area contributed by atoms with Gasteiger partial charge in [-0.3, -0.25) is 60.9 Å². The number of halogens is 1. The molecule has 0 radical (unpaired) electrons. The quantitative estimate of drug-likeness (QED) is 0.0161. The highest BCUT2D eigenvalue weighted by Crippen LogP contribution is 2.61. The summed E-state index contributed by atoms with van der Waals surface area (Å²) in [6.07, 6.45) is -7.22. The number of hydrogen-bond acceptors (Lipinski definition) is 27. The predicted octanol–water partition coefficient (Wildman–Crippen LogP) is 1.01. The fraction of sp³-hybridized carbons (Fsp3) is 0.491. The van der Waals surface area contributed by atoms with Gasteiger partial charge in [-0.05, 0) is 49.3 Å². The third kappa shape index (κ3) is 16.4. The van der Waals surface area contributed by atoms with Crippen LogP contribution in [-0.2, 0) is 86.3 Å². The SMILES string of the molecule is CC(C)[C@H](NC(=O)CCN1C(=O)C=CC1=O)C(=O)N[C@@H](CCCNC(N)=O)C(=O)Nc1ccc(COC(=O)NCC(=O)N2CCC[C@@H]2C(=O)O[C@@H]2[C@@H]3O[P@](=O)(S)OC[C@H]4O[C@@H](n5cnc6c(N)ncnc65)[C@H](F)[C@@H]4O[P@@](=O)(S)OC[C@H]3O[C@H]2n2cnc3c(N)ncnc32)cc1. The molecule has 5 aromatic rings. The molecule has 5 aliphatic rings. The number of amides is 9. The number of fused-ring (bicyclic) bond motifs is 4. The Morgan fingerprint density at radius 1 is 0.789 bits per heavy atom. The van der Waals surface area contributed by atoms with Crippen molar-refractivity contribution in [2.24, 2.45) is 11.7 Å². The Hall–Kier alpha value is -8.46. The van der Waals surface area contributed by atoms with Crippen LogP contribution in [-0.4, -0.2) is 197 Å². The highest BCUT2D eigenvalue weighted by molar-refractivity contribution is 8.44. The fourth-order valence-corrected chi connectivity index (χ4v) is 13.9. The lowest BCUT2D eigenvalue weighted by Crippen LogP contribution is -2.54. The zero-order valence-electron chi connectivity index (χ0n) is 50.3. The Morgan fingerprint density at radius 3 is 2.01 bits per heavy atom. The average molecular weight is 1400 g/mol. The highest BCUT2D eigenvalue weighted by atomic mass is 32.7. The summed E-state index contributed by atoms with van der Waals surface area (Å²) in [6.45, 7) is -8.64. The third-order valence-corrected chi connectivity index (χ3v) is 18.8. The van der Waals surface area contributed by atoms with E-state index in [1.54, 1.807) is 13.8 Å². The summed E-state index contributed by atoms with van der Waals surface area (Å²) in [7, 11) is 0. The molecule has 4 aromatic heterocycles. The first-order valence-electron chi connectivity index (χ1n) is 29.3. The smallest absolute Gasteiger partial charge is 0.407 e. The molecule has 0 saturated carbocycles. The van der Waals surface area contributed by atoms with Gasteiger partial charge < -0.3 is 67.6 Å². The molecule has 10 rings (SSSR count). The standard InChI is InChI=1S/C53H65FN18O19P2S2/c1-25(2)37(68-32(73)13-16-70-33(74)11-12-34(70)75)48(78)67-28(5-3-14-58-52(57)80)47(77)66-27-9-7-26(8-10-27)18-84-53(81)59-17-35(76)69-15-4-6-29(69)51(79)89-42-41-31(88-50(42)72-24-65-39-44(56)61-22-63-46(39)72)20-86-92(82,94)90-40-30(19-85-93(83,95)91-41)87-49(36(40)54)71-23-64-38-43(55)60-21-62-45(38)71/h7-12,21-25,28-31,36-37,40-42,49-50H,3-6,13-20H2,1-2H3,(H,59,81)(H,66,77)(H,67,78)(H,68,73)(H,82,94)(H,83,95)(H2,55,60,62)(H2,56,61,63)(H3,57,58,80)/t28-,29+,30+,31+,36+,37-,40+,41+,42+,49+,50+,92-,93+/m0/s1. The number of rotatable bonds is 21. The molecule has 1 aromatic carbocycles. The number of ether oxygens (including phenoxy) is 4. The number of alkyl carbamates (subject to hydrolysis) is 1. The third-order valence-electron chi connectivity index (χ3n) is 15.6. The summed E-state index contributed by atoms with van der Waals surface area (Å²) in [5.74, 6) is -5.42. The number of carbonyl (C=O) groups is 9. The Morgan fingerprint density at radius 2 is 1.39 bits per heavy atom. The van der Waals surface area contributed by atoms with Gasteiger partial charge in [-0.1, -0.05) is 50.5 Å². The number of aromatic nitrogens is 8. The van der Waals surface area contributed by atoms with Crippen LogP contribution in [0.3, 0.4) is 0 Å². The molecule has 9 heterocycles. The summed E-state index contributed by atoms with van der Waals surface area (Å²) in [5, 5.41) is 12.7. The number of esters is 1. The topological polar surface area (TPSA) is 494 Å². The number of nitrogens with zero attached hydrogens (tertiary/aromatic N) is 10. The van der Waals surface area contributed by atoms with Crippen LogP contribution >= 0.6 is 38.1 Å². The monoisotopic (exact) mass is 1400 g/mol. The number of nitrogen functional groups attached to an aromatic ring is 2. The largest absolute Gasteiger partial charge is 0.453 e. The first-order valence-corrected chi connectivity index (χ1v) is 34.7.